The van der Waals surface area contributed by atoms with Gasteiger partial charge in [0.1, 0.15) is 5.38 Å². The number of alkyl halides is 1. The second kappa shape index (κ2) is 5.22. The number of hydrogen-bond acceptors (Lipinski definition) is 1. The molecule has 1 N–H and O–H groups in total. The van der Waals surface area contributed by atoms with Gasteiger partial charge in [0.25, 0.3) is 0 Å². The summed E-state index contributed by atoms with van der Waals surface area (Å²) in [7, 11) is 0. The Hall–Kier alpha value is -0.540. The zero-order valence-electron chi connectivity index (χ0n) is 10.5. The minimum Gasteiger partial charge on any atom is -0.351 e. The van der Waals surface area contributed by atoms with E-state index in [1.165, 1.54) is 5.56 Å². The molecule has 1 aliphatic rings. The van der Waals surface area contributed by atoms with E-state index in [0.717, 1.165) is 17.3 Å². The molecule has 1 fully saturated rings. The zero-order valence-corrected chi connectivity index (χ0v) is 12.9. The number of carbonyl (C=O) groups excluding carboxylic acids is 1. The average Bonchev–Trinajstić information content (AvgIpc) is 3.11. The maximum absolute atomic E-state index is 11.7. The van der Waals surface area contributed by atoms with E-state index in [-0.39, 0.29) is 17.4 Å². The first-order valence-corrected chi connectivity index (χ1v) is 7.39. The Kier molecular flexibility index (Phi) is 4.02. The van der Waals surface area contributed by atoms with Crippen molar-refractivity contribution < 1.29 is 4.79 Å². The summed E-state index contributed by atoms with van der Waals surface area (Å²) in [5.41, 5.74) is 1.39. The normalized spacial score (nSPS) is 20.0. The summed E-state index contributed by atoms with van der Waals surface area (Å²) in [4.78, 5) is 11.7. The molecule has 1 aliphatic carbocycles. The van der Waals surface area contributed by atoms with Gasteiger partial charge in [-0.15, -0.1) is 11.6 Å². The van der Waals surface area contributed by atoms with E-state index in [4.69, 9.17) is 11.6 Å². The molecule has 98 valence electrons. The second-order valence-electron chi connectivity index (χ2n) is 5.01. The number of rotatable bonds is 4. The van der Waals surface area contributed by atoms with Crippen LogP contribution >= 0.6 is 27.5 Å². The lowest BCUT2D eigenvalue weighted by atomic mass is 9.89. The van der Waals surface area contributed by atoms with Gasteiger partial charge in [0, 0.05) is 15.9 Å². The molecule has 0 radical (unpaired) electrons. The summed E-state index contributed by atoms with van der Waals surface area (Å²) in [5, 5.41) is 2.53. The van der Waals surface area contributed by atoms with Crippen molar-refractivity contribution in [2.45, 2.75) is 43.5 Å². The van der Waals surface area contributed by atoms with Crippen molar-refractivity contribution >= 4 is 33.4 Å². The van der Waals surface area contributed by atoms with E-state index < -0.39 is 5.38 Å². The summed E-state index contributed by atoms with van der Waals surface area (Å²) in [6, 6.07) is 8.48. The molecule has 2 rings (SSSR count). The molecule has 0 spiro atoms. The number of amides is 1. The van der Waals surface area contributed by atoms with Crippen LogP contribution in [0.3, 0.4) is 0 Å². The first kappa shape index (κ1) is 13.9. The molecule has 0 heterocycles. The lowest BCUT2D eigenvalue weighted by Gasteiger charge is -2.25. The first-order chi connectivity index (χ1) is 8.45. The molecule has 1 saturated carbocycles. The average molecular weight is 331 g/mol. The highest BCUT2D eigenvalue weighted by Crippen LogP contribution is 2.51. The van der Waals surface area contributed by atoms with Crippen molar-refractivity contribution in [3.63, 3.8) is 0 Å². The molecule has 1 aromatic rings. The molecule has 1 aromatic carbocycles. The van der Waals surface area contributed by atoms with E-state index in [9.17, 15) is 4.79 Å². The van der Waals surface area contributed by atoms with Crippen molar-refractivity contribution in [3.8, 4) is 0 Å². The summed E-state index contributed by atoms with van der Waals surface area (Å²) < 4.78 is 1.08. The molecule has 0 saturated heterocycles. The third-order valence-electron chi connectivity index (χ3n) is 3.76. The largest absolute Gasteiger partial charge is 0.351 e. The number of nitrogens with one attached hydrogen (secondary N) is 1. The maximum atomic E-state index is 11.7. The van der Waals surface area contributed by atoms with Crippen molar-refractivity contribution in [2.24, 2.45) is 0 Å². The Morgan fingerprint density at radius 2 is 1.89 bits per heavy atom. The van der Waals surface area contributed by atoms with Gasteiger partial charge in [0.15, 0.2) is 0 Å². The highest BCUT2D eigenvalue weighted by atomic mass is 79.9. The van der Waals surface area contributed by atoms with Crippen LogP contribution in [0, 0.1) is 0 Å². The van der Waals surface area contributed by atoms with Gasteiger partial charge < -0.3 is 5.32 Å². The molecule has 0 aliphatic heterocycles. The maximum Gasteiger partial charge on any atom is 0.238 e. The van der Waals surface area contributed by atoms with Gasteiger partial charge in [0.2, 0.25) is 5.91 Å². The van der Waals surface area contributed by atoms with Crippen molar-refractivity contribution in [3.05, 3.63) is 34.3 Å². The SMILES string of the molecule is CC(Cl)C(=O)NC(C)C1(c2ccc(Br)cc2)CC1. The van der Waals surface area contributed by atoms with Gasteiger partial charge in [-0.05, 0) is 44.4 Å². The van der Waals surface area contributed by atoms with Crippen LogP contribution in [0.1, 0.15) is 32.3 Å². The molecule has 2 nitrogen and oxygen atoms in total. The second-order valence-corrected chi connectivity index (χ2v) is 6.58. The van der Waals surface area contributed by atoms with Gasteiger partial charge in [-0.25, -0.2) is 0 Å². The fourth-order valence-corrected chi connectivity index (χ4v) is 2.68. The van der Waals surface area contributed by atoms with E-state index in [1.807, 2.05) is 12.1 Å². The minimum absolute atomic E-state index is 0.0902. The standard InChI is InChI=1S/C14H17BrClNO/c1-9(16)13(18)17-10(2)14(7-8-14)11-3-5-12(15)6-4-11/h3-6,9-10H,7-8H2,1-2H3,(H,17,18). The van der Waals surface area contributed by atoms with Gasteiger partial charge in [-0.1, -0.05) is 28.1 Å². The van der Waals surface area contributed by atoms with Crippen LogP contribution in [0.5, 0.6) is 0 Å². The summed E-state index contributed by atoms with van der Waals surface area (Å²) in [6.07, 6.45) is 2.24. The molecule has 2 unspecified atom stereocenters. The lowest BCUT2D eigenvalue weighted by Crippen LogP contribution is -2.43. The Morgan fingerprint density at radius 3 is 2.33 bits per heavy atom. The summed E-state index contributed by atoms with van der Waals surface area (Å²) in [5.74, 6) is -0.0902. The van der Waals surface area contributed by atoms with Crippen LogP contribution in [0.25, 0.3) is 0 Å². The number of hydrogen-bond donors (Lipinski definition) is 1. The fourth-order valence-electron chi connectivity index (χ4n) is 2.35. The molecule has 0 bridgehead atoms. The van der Waals surface area contributed by atoms with E-state index in [2.05, 4.69) is 40.3 Å². The smallest absolute Gasteiger partial charge is 0.238 e. The minimum atomic E-state index is -0.479. The highest BCUT2D eigenvalue weighted by molar-refractivity contribution is 9.10. The predicted molar refractivity (Wildman–Crippen MR) is 78.0 cm³/mol. The van der Waals surface area contributed by atoms with Crippen LogP contribution in [0.4, 0.5) is 0 Å². The Balaban J connectivity index is 2.12. The van der Waals surface area contributed by atoms with Gasteiger partial charge in [-0.2, -0.15) is 0 Å². The lowest BCUT2D eigenvalue weighted by molar-refractivity contribution is -0.121. The van der Waals surface area contributed by atoms with Crippen LogP contribution in [0.2, 0.25) is 0 Å². The Bertz CT molecular complexity index is 440. The first-order valence-electron chi connectivity index (χ1n) is 6.16. The molecular formula is C14H17BrClNO. The third-order valence-corrected chi connectivity index (χ3v) is 4.48. The van der Waals surface area contributed by atoms with Crippen LogP contribution in [0.15, 0.2) is 28.7 Å². The highest BCUT2D eigenvalue weighted by Gasteiger charge is 2.49. The third kappa shape index (κ3) is 2.72. The topological polar surface area (TPSA) is 29.1 Å². The Morgan fingerprint density at radius 1 is 1.33 bits per heavy atom. The molecular weight excluding hydrogens is 314 g/mol. The van der Waals surface area contributed by atoms with E-state index in [0.29, 0.717) is 0 Å². The van der Waals surface area contributed by atoms with E-state index in [1.54, 1.807) is 6.92 Å². The Labute approximate surface area is 121 Å². The zero-order chi connectivity index (χ0) is 13.3. The molecule has 1 amide bonds. The number of benzene rings is 1. The molecule has 0 aromatic heterocycles. The quantitative estimate of drug-likeness (QED) is 0.840. The fraction of sp³-hybridized carbons (Fsp3) is 0.500. The monoisotopic (exact) mass is 329 g/mol. The van der Waals surface area contributed by atoms with Crippen LogP contribution in [-0.2, 0) is 10.2 Å². The number of carbonyl (C=O) groups is 1. The van der Waals surface area contributed by atoms with Crippen molar-refractivity contribution in [1.29, 1.82) is 0 Å². The molecule has 18 heavy (non-hydrogen) atoms. The van der Waals surface area contributed by atoms with Crippen LogP contribution in [-0.4, -0.2) is 17.3 Å². The van der Waals surface area contributed by atoms with Gasteiger partial charge in [0.05, 0.1) is 0 Å². The van der Waals surface area contributed by atoms with Crippen molar-refractivity contribution in [1.82, 2.24) is 5.32 Å². The van der Waals surface area contributed by atoms with Crippen molar-refractivity contribution in [2.75, 3.05) is 0 Å². The van der Waals surface area contributed by atoms with E-state index >= 15 is 0 Å². The predicted octanol–water partition coefficient (Wildman–Crippen LogP) is 3.61. The summed E-state index contributed by atoms with van der Waals surface area (Å²) >= 11 is 9.23. The molecule has 2 atom stereocenters. The molecule has 4 heteroatoms. The van der Waals surface area contributed by atoms with Crippen LogP contribution < -0.4 is 5.32 Å². The van der Waals surface area contributed by atoms with Gasteiger partial charge in [-0.3, -0.25) is 4.79 Å². The summed E-state index contributed by atoms with van der Waals surface area (Å²) in [6.45, 7) is 3.76. The number of halogens is 2. The van der Waals surface area contributed by atoms with Gasteiger partial charge >= 0.3 is 0 Å².